The van der Waals surface area contributed by atoms with Crippen LogP contribution >= 0.6 is 0 Å². The summed E-state index contributed by atoms with van der Waals surface area (Å²) < 4.78 is 7.91. The lowest BCUT2D eigenvalue weighted by Crippen LogP contribution is -2.41. The van der Waals surface area contributed by atoms with E-state index >= 15 is 0 Å². The fourth-order valence-electron chi connectivity index (χ4n) is 5.04. The molecule has 0 bridgehead atoms. The van der Waals surface area contributed by atoms with Crippen molar-refractivity contribution in [2.45, 2.75) is 53.0 Å². The summed E-state index contributed by atoms with van der Waals surface area (Å²) in [6.45, 7) is 14.8. The molecule has 4 rings (SSSR count). The number of nitrogens with one attached hydrogen (secondary N) is 1. The molecule has 1 aliphatic heterocycles. The molecule has 6 nitrogen and oxygen atoms in total. The molecule has 2 aromatic carbocycles. The van der Waals surface area contributed by atoms with E-state index < -0.39 is 11.5 Å². The van der Waals surface area contributed by atoms with E-state index in [9.17, 15) is 9.59 Å². The quantitative estimate of drug-likeness (QED) is 0.291. The van der Waals surface area contributed by atoms with Crippen molar-refractivity contribution in [1.82, 2.24) is 5.32 Å². The highest BCUT2D eigenvalue weighted by Gasteiger charge is 2.37. The Morgan fingerprint density at radius 1 is 1.11 bits per heavy atom. The standard InChI is InChI=1S/C29H35N3O3/c1-6-31(7-2)23-14-13-21-17-24(28(34)35-26(21)18-23)27(33)30-15-10-16-32-19-22-11-8-9-12-25(22)29(4,5)20(32)3/h8-9,11-14,17-18H,6-7,10,15-16,19H2,1-5H3/p+1. The van der Waals surface area contributed by atoms with E-state index in [4.69, 9.17) is 4.42 Å². The average molecular weight is 475 g/mol. The van der Waals surface area contributed by atoms with Crippen LogP contribution in [0.25, 0.3) is 11.0 Å². The molecule has 3 aromatic rings. The summed E-state index contributed by atoms with van der Waals surface area (Å²) in [5.74, 6) is -0.390. The van der Waals surface area contributed by atoms with Crippen molar-refractivity contribution in [3.05, 3.63) is 75.6 Å². The van der Waals surface area contributed by atoms with Crippen molar-refractivity contribution in [2.75, 3.05) is 31.1 Å². The van der Waals surface area contributed by atoms with E-state index in [1.807, 2.05) is 18.2 Å². The summed E-state index contributed by atoms with van der Waals surface area (Å²) in [4.78, 5) is 27.5. The van der Waals surface area contributed by atoms with Gasteiger partial charge in [-0.1, -0.05) is 24.3 Å². The number of anilines is 1. The number of nitrogens with zero attached hydrogens (tertiary/aromatic N) is 2. The van der Waals surface area contributed by atoms with Crippen LogP contribution in [0.15, 0.2) is 57.7 Å². The molecule has 0 aliphatic carbocycles. The summed E-state index contributed by atoms with van der Waals surface area (Å²) in [7, 11) is 0. The maximum Gasteiger partial charge on any atom is 0.349 e. The lowest BCUT2D eigenvalue weighted by molar-refractivity contribution is -0.549. The lowest BCUT2D eigenvalue weighted by Gasteiger charge is -2.30. The van der Waals surface area contributed by atoms with Crippen LogP contribution in [0.3, 0.4) is 0 Å². The molecule has 1 aromatic heterocycles. The maximum atomic E-state index is 12.8. The summed E-state index contributed by atoms with van der Waals surface area (Å²) in [5.41, 5.74) is 4.98. The summed E-state index contributed by atoms with van der Waals surface area (Å²) >= 11 is 0. The maximum absolute atomic E-state index is 12.8. The normalized spacial score (nSPS) is 14.7. The number of fused-ring (bicyclic) bond motifs is 2. The van der Waals surface area contributed by atoms with Crippen LogP contribution in [-0.2, 0) is 12.0 Å². The molecular formula is C29H36N3O3+. The van der Waals surface area contributed by atoms with Gasteiger partial charge in [0.2, 0.25) is 0 Å². The minimum atomic E-state index is -0.606. The van der Waals surface area contributed by atoms with Crippen molar-refractivity contribution in [3.63, 3.8) is 0 Å². The molecule has 0 atom stereocenters. The first-order chi connectivity index (χ1) is 16.8. The third-order valence-electron chi connectivity index (χ3n) is 7.41. The Labute approximate surface area is 207 Å². The fourth-order valence-corrected chi connectivity index (χ4v) is 5.04. The number of carbonyl (C=O) groups is 1. The van der Waals surface area contributed by atoms with Crippen LogP contribution < -0.4 is 15.8 Å². The third-order valence-corrected chi connectivity index (χ3v) is 7.41. The topological polar surface area (TPSA) is 65.6 Å². The molecule has 2 heterocycles. The Morgan fingerprint density at radius 2 is 1.86 bits per heavy atom. The third kappa shape index (κ3) is 4.88. The van der Waals surface area contributed by atoms with Crippen molar-refractivity contribution in [3.8, 4) is 0 Å². The van der Waals surface area contributed by atoms with Gasteiger partial charge in [0, 0.05) is 55.7 Å². The van der Waals surface area contributed by atoms with E-state index in [1.54, 1.807) is 6.07 Å². The van der Waals surface area contributed by atoms with Crippen molar-refractivity contribution < 1.29 is 13.8 Å². The van der Waals surface area contributed by atoms with Crippen LogP contribution in [0.5, 0.6) is 0 Å². The fraction of sp³-hybridized carbons (Fsp3) is 0.414. The van der Waals surface area contributed by atoms with Crippen molar-refractivity contribution >= 4 is 28.3 Å². The molecule has 0 saturated heterocycles. The Balaban J connectivity index is 1.41. The zero-order valence-electron chi connectivity index (χ0n) is 21.5. The summed E-state index contributed by atoms with van der Waals surface area (Å²) in [6, 6.07) is 16.0. The second kappa shape index (κ2) is 10.1. The van der Waals surface area contributed by atoms with Gasteiger partial charge in [0.25, 0.3) is 5.91 Å². The average Bonchev–Trinajstić information content (AvgIpc) is 2.85. The SMILES string of the molecule is CCN(CC)c1ccc2cc(C(=O)NCCC[N+]3=C(C)C(C)(C)c4ccccc4C3)c(=O)oc2c1. The summed E-state index contributed by atoms with van der Waals surface area (Å²) in [5, 5.41) is 3.64. The number of hydrogen-bond acceptors (Lipinski definition) is 4. The van der Waals surface area contributed by atoms with Gasteiger partial charge in [-0.05, 0) is 51.5 Å². The highest BCUT2D eigenvalue weighted by Crippen LogP contribution is 2.32. The van der Waals surface area contributed by atoms with Crippen LogP contribution in [0.4, 0.5) is 5.69 Å². The van der Waals surface area contributed by atoms with Gasteiger partial charge >= 0.3 is 5.63 Å². The molecule has 1 amide bonds. The Hall–Kier alpha value is -3.41. The molecule has 1 N–H and O–H groups in total. The number of amides is 1. The van der Waals surface area contributed by atoms with Crippen molar-refractivity contribution in [2.24, 2.45) is 0 Å². The Morgan fingerprint density at radius 3 is 2.60 bits per heavy atom. The largest absolute Gasteiger partial charge is 0.422 e. The van der Waals surface area contributed by atoms with Gasteiger partial charge < -0.3 is 14.6 Å². The monoisotopic (exact) mass is 474 g/mol. The highest BCUT2D eigenvalue weighted by molar-refractivity contribution is 5.97. The smallest absolute Gasteiger partial charge is 0.349 e. The lowest BCUT2D eigenvalue weighted by atomic mass is 9.76. The Bertz CT molecular complexity index is 1330. The molecule has 35 heavy (non-hydrogen) atoms. The molecule has 0 spiro atoms. The van der Waals surface area contributed by atoms with Gasteiger partial charge in [0.05, 0.1) is 5.41 Å². The molecule has 0 saturated carbocycles. The van der Waals surface area contributed by atoms with Crippen LogP contribution in [0.1, 0.15) is 62.5 Å². The second-order valence-corrected chi connectivity index (χ2v) is 9.74. The van der Waals surface area contributed by atoms with E-state index in [0.717, 1.165) is 43.7 Å². The number of benzene rings is 2. The second-order valence-electron chi connectivity index (χ2n) is 9.74. The zero-order valence-corrected chi connectivity index (χ0v) is 21.5. The van der Waals surface area contributed by atoms with Crippen molar-refractivity contribution in [1.29, 1.82) is 0 Å². The van der Waals surface area contributed by atoms with E-state index in [1.165, 1.54) is 16.8 Å². The molecular weight excluding hydrogens is 438 g/mol. The van der Waals surface area contributed by atoms with Crippen LogP contribution in [0.2, 0.25) is 0 Å². The van der Waals surface area contributed by atoms with Gasteiger partial charge in [-0.15, -0.1) is 0 Å². The highest BCUT2D eigenvalue weighted by atomic mass is 16.4. The molecule has 1 aliphatic rings. The Kier molecular flexibility index (Phi) is 7.10. The minimum Gasteiger partial charge on any atom is -0.422 e. The molecule has 0 unspecified atom stereocenters. The number of hydrogen-bond donors (Lipinski definition) is 1. The predicted octanol–water partition coefficient (Wildman–Crippen LogP) is 4.72. The summed E-state index contributed by atoms with van der Waals surface area (Å²) in [6.07, 6.45) is 0.785. The van der Waals surface area contributed by atoms with Gasteiger partial charge in [-0.2, -0.15) is 0 Å². The van der Waals surface area contributed by atoms with Crippen LogP contribution in [-0.4, -0.2) is 42.4 Å². The zero-order chi connectivity index (χ0) is 25.2. The van der Waals surface area contributed by atoms with Gasteiger partial charge in [0.1, 0.15) is 17.7 Å². The van der Waals surface area contributed by atoms with Gasteiger partial charge in [-0.3, -0.25) is 4.79 Å². The van der Waals surface area contributed by atoms with Crippen LogP contribution in [0, 0.1) is 0 Å². The first-order valence-corrected chi connectivity index (χ1v) is 12.5. The molecule has 6 heteroatoms. The molecule has 0 radical (unpaired) electrons. The van der Waals surface area contributed by atoms with Gasteiger partial charge in [0.15, 0.2) is 12.3 Å². The number of rotatable bonds is 8. The predicted molar refractivity (Wildman–Crippen MR) is 142 cm³/mol. The van der Waals surface area contributed by atoms with Gasteiger partial charge in [-0.25, -0.2) is 9.37 Å². The first-order valence-electron chi connectivity index (χ1n) is 12.5. The minimum absolute atomic E-state index is 0.0205. The van der Waals surface area contributed by atoms with E-state index in [2.05, 4.69) is 73.7 Å². The van der Waals surface area contributed by atoms with E-state index in [0.29, 0.717) is 12.1 Å². The first kappa shape index (κ1) is 24.7. The number of carbonyl (C=O) groups excluding carboxylic acids is 1. The molecule has 184 valence electrons. The molecule has 0 fully saturated rings. The van der Waals surface area contributed by atoms with E-state index in [-0.39, 0.29) is 11.0 Å².